The zero-order valence-electron chi connectivity index (χ0n) is 12.4. The van der Waals surface area contributed by atoms with E-state index in [2.05, 4.69) is 38.3 Å². The van der Waals surface area contributed by atoms with E-state index in [1.807, 2.05) is 38.4 Å². The van der Waals surface area contributed by atoms with Crippen molar-refractivity contribution in [3.05, 3.63) is 46.4 Å². The summed E-state index contributed by atoms with van der Waals surface area (Å²) in [5, 5.41) is 13.2. The highest BCUT2D eigenvalue weighted by Crippen LogP contribution is 2.35. The number of nitrogens with zero attached hydrogens (tertiary/aromatic N) is 1. The van der Waals surface area contributed by atoms with Crippen molar-refractivity contribution in [1.29, 1.82) is 0 Å². The van der Waals surface area contributed by atoms with Gasteiger partial charge in [0, 0.05) is 32.0 Å². The van der Waals surface area contributed by atoms with Gasteiger partial charge >= 0.3 is 0 Å². The number of ether oxygens (including phenoxy) is 1. The Morgan fingerprint density at radius 1 is 1.24 bits per heavy atom. The lowest BCUT2D eigenvalue weighted by atomic mass is 10.2. The van der Waals surface area contributed by atoms with E-state index in [-0.39, 0.29) is 5.75 Å². The maximum Gasteiger partial charge on any atom is 0.172 e. The number of anilines is 2. The van der Waals surface area contributed by atoms with Crippen LogP contribution in [0.3, 0.4) is 0 Å². The van der Waals surface area contributed by atoms with E-state index in [0.717, 1.165) is 16.9 Å². The van der Waals surface area contributed by atoms with E-state index in [0.29, 0.717) is 16.8 Å². The third kappa shape index (κ3) is 3.82. The van der Waals surface area contributed by atoms with Gasteiger partial charge in [-0.1, -0.05) is 6.07 Å². The Morgan fingerprint density at radius 2 is 2.00 bits per heavy atom. The number of rotatable bonds is 5. The summed E-state index contributed by atoms with van der Waals surface area (Å²) in [6.45, 7) is 0.645. The third-order valence-electron chi connectivity index (χ3n) is 3.17. The fourth-order valence-corrected chi connectivity index (χ4v) is 2.47. The molecule has 21 heavy (non-hydrogen) atoms. The first kappa shape index (κ1) is 15.5. The number of methoxy groups -OCH3 is 1. The molecule has 2 rings (SSSR count). The lowest BCUT2D eigenvalue weighted by Crippen LogP contribution is -2.09. The molecule has 0 aromatic heterocycles. The number of halogens is 1. The number of hydrogen-bond donors (Lipinski definition) is 2. The Kier molecular flexibility index (Phi) is 4.96. The highest BCUT2D eigenvalue weighted by atomic mass is 79.9. The normalized spacial score (nSPS) is 10.3. The zero-order valence-corrected chi connectivity index (χ0v) is 13.9. The van der Waals surface area contributed by atoms with Crippen LogP contribution in [-0.2, 0) is 6.54 Å². The van der Waals surface area contributed by atoms with Crippen LogP contribution in [0.15, 0.2) is 40.9 Å². The Bertz CT molecular complexity index is 630. The van der Waals surface area contributed by atoms with Gasteiger partial charge in [0.15, 0.2) is 11.5 Å². The van der Waals surface area contributed by atoms with Gasteiger partial charge in [0.2, 0.25) is 0 Å². The van der Waals surface area contributed by atoms with Crippen molar-refractivity contribution in [3.63, 3.8) is 0 Å². The molecule has 2 aromatic rings. The van der Waals surface area contributed by atoms with Crippen LogP contribution < -0.4 is 15.0 Å². The molecule has 0 aliphatic carbocycles. The molecule has 112 valence electrons. The highest BCUT2D eigenvalue weighted by Gasteiger charge is 2.08. The van der Waals surface area contributed by atoms with Crippen molar-refractivity contribution in [3.8, 4) is 11.5 Å². The molecule has 0 amide bonds. The van der Waals surface area contributed by atoms with E-state index in [9.17, 15) is 5.11 Å². The van der Waals surface area contributed by atoms with Crippen molar-refractivity contribution in [1.82, 2.24) is 0 Å². The summed E-state index contributed by atoms with van der Waals surface area (Å²) in [4.78, 5) is 2.06. The van der Waals surface area contributed by atoms with Crippen molar-refractivity contribution in [2.24, 2.45) is 0 Å². The summed E-state index contributed by atoms with van der Waals surface area (Å²) >= 11 is 3.33. The first-order valence-electron chi connectivity index (χ1n) is 6.58. The molecule has 0 saturated heterocycles. The van der Waals surface area contributed by atoms with Crippen molar-refractivity contribution < 1.29 is 9.84 Å². The van der Waals surface area contributed by atoms with E-state index >= 15 is 0 Å². The first-order chi connectivity index (χ1) is 10.0. The maximum absolute atomic E-state index is 9.81. The van der Waals surface area contributed by atoms with Gasteiger partial charge in [-0.25, -0.2) is 0 Å². The van der Waals surface area contributed by atoms with Gasteiger partial charge in [-0.05, 0) is 51.8 Å². The smallest absolute Gasteiger partial charge is 0.172 e. The molecule has 5 heteroatoms. The fourth-order valence-electron chi connectivity index (χ4n) is 1.98. The summed E-state index contributed by atoms with van der Waals surface area (Å²) in [6, 6.07) is 11.9. The Morgan fingerprint density at radius 3 is 2.67 bits per heavy atom. The molecule has 0 saturated carbocycles. The van der Waals surface area contributed by atoms with Crippen LogP contribution in [-0.4, -0.2) is 26.3 Å². The number of benzene rings is 2. The van der Waals surface area contributed by atoms with Gasteiger partial charge in [-0.3, -0.25) is 0 Å². The van der Waals surface area contributed by atoms with Crippen LogP contribution in [0.5, 0.6) is 11.5 Å². The minimum atomic E-state index is 0.121. The lowest BCUT2D eigenvalue weighted by molar-refractivity contribution is 0.371. The van der Waals surface area contributed by atoms with E-state index in [1.54, 1.807) is 7.11 Å². The van der Waals surface area contributed by atoms with Crippen molar-refractivity contribution >= 4 is 27.3 Å². The molecule has 0 unspecified atom stereocenters. The second kappa shape index (κ2) is 6.72. The monoisotopic (exact) mass is 350 g/mol. The van der Waals surface area contributed by atoms with Gasteiger partial charge in [0.05, 0.1) is 11.6 Å². The molecule has 2 aromatic carbocycles. The molecule has 0 atom stereocenters. The number of phenolic OH excluding ortho intramolecular Hbond substituents is 1. The van der Waals surface area contributed by atoms with Gasteiger partial charge in [0.1, 0.15) is 0 Å². The predicted octanol–water partition coefficient (Wildman–Crippen LogP) is 3.84. The standard InChI is InChI=1S/C16H19BrN2O2/c1-19(2)13-6-4-5-12(9-13)18-10-11-7-14(17)16(20)15(8-11)21-3/h4-9,18,20H,10H2,1-3H3. The molecule has 0 heterocycles. The van der Waals surface area contributed by atoms with Gasteiger partial charge < -0.3 is 20.1 Å². The quantitative estimate of drug-likeness (QED) is 0.859. The zero-order chi connectivity index (χ0) is 15.4. The second-order valence-electron chi connectivity index (χ2n) is 4.93. The van der Waals surface area contributed by atoms with Crippen LogP contribution in [0, 0.1) is 0 Å². The van der Waals surface area contributed by atoms with Crippen molar-refractivity contribution in [2.75, 3.05) is 31.4 Å². The molecule has 4 nitrogen and oxygen atoms in total. The lowest BCUT2D eigenvalue weighted by Gasteiger charge is -2.15. The summed E-state index contributed by atoms with van der Waals surface area (Å²) in [6.07, 6.45) is 0. The van der Waals surface area contributed by atoms with Crippen LogP contribution in [0.25, 0.3) is 0 Å². The van der Waals surface area contributed by atoms with Gasteiger partial charge in [-0.15, -0.1) is 0 Å². The Labute approximate surface area is 133 Å². The molecule has 0 aliphatic heterocycles. The van der Waals surface area contributed by atoms with E-state index in [1.165, 1.54) is 0 Å². The largest absolute Gasteiger partial charge is 0.503 e. The average Bonchev–Trinajstić information content (AvgIpc) is 2.48. The number of nitrogens with one attached hydrogen (secondary N) is 1. The number of phenols is 1. The van der Waals surface area contributed by atoms with Gasteiger partial charge in [-0.2, -0.15) is 0 Å². The number of hydrogen-bond acceptors (Lipinski definition) is 4. The highest BCUT2D eigenvalue weighted by molar-refractivity contribution is 9.10. The van der Waals surface area contributed by atoms with Gasteiger partial charge in [0.25, 0.3) is 0 Å². The molecule has 2 N–H and O–H groups in total. The Balaban J connectivity index is 2.13. The summed E-state index contributed by atoms with van der Waals surface area (Å²) in [5.74, 6) is 0.582. The van der Waals surface area contributed by atoms with Crippen molar-refractivity contribution in [2.45, 2.75) is 6.54 Å². The second-order valence-corrected chi connectivity index (χ2v) is 5.78. The Hall–Kier alpha value is -1.88. The van der Waals surface area contributed by atoms with E-state index < -0.39 is 0 Å². The first-order valence-corrected chi connectivity index (χ1v) is 7.37. The molecular formula is C16H19BrN2O2. The summed E-state index contributed by atoms with van der Waals surface area (Å²) < 4.78 is 5.78. The maximum atomic E-state index is 9.81. The van der Waals surface area contributed by atoms with Crippen LogP contribution in [0.4, 0.5) is 11.4 Å². The summed E-state index contributed by atoms with van der Waals surface area (Å²) in [5.41, 5.74) is 3.21. The minimum Gasteiger partial charge on any atom is -0.503 e. The summed E-state index contributed by atoms with van der Waals surface area (Å²) in [7, 11) is 5.57. The average molecular weight is 351 g/mol. The molecule has 0 bridgehead atoms. The molecule has 0 radical (unpaired) electrons. The molecule has 0 aliphatic rings. The minimum absolute atomic E-state index is 0.121. The molecule has 0 spiro atoms. The van der Waals surface area contributed by atoms with E-state index in [4.69, 9.17) is 4.74 Å². The van der Waals surface area contributed by atoms with Crippen LogP contribution in [0.2, 0.25) is 0 Å². The molecule has 0 fully saturated rings. The SMILES string of the molecule is COc1cc(CNc2cccc(N(C)C)c2)cc(Br)c1O. The number of aromatic hydroxyl groups is 1. The molecular weight excluding hydrogens is 332 g/mol. The topological polar surface area (TPSA) is 44.7 Å². The van der Waals surface area contributed by atoms with Crippen LogP contribution >= 0.6 is 15.9 Å². The third-order valence-corrected chi connectivity index (χ3v) is 3.77. The fraction of sp³-hybridized carbons (Fsp3) is 0.250. The predicted molar refractivity (Wildman–Crippen MR) is 90.5 cm³/mol. The van der Waals surface area contributed by atoms with Crippen LogP contribution in [0.1, 0.15) is 5.56 Å².